The molecule has 4 nitrogen and oxygen atoms in total. The van der Waals surface area contributed by atoms with Crippen molar-refractivity contribution in [1.29, 1.82) is 0 Å². The Morgan fingerprint density at radius 2 is 1.94 bits per heavy atom. The van der Waals surface area contributed by atoms with Gasteiger partial charge in [0.05, 0.1) is 5.75 Å². The Morgan fingerprint density at radius 1 is 1.28 bits per heavy atom. The van der Waals surface area contributed by atoms with E-state index in [1.807, 2.05) is 0 Å². The minimum Gasteiger partial charge on any atom is -0.293 e. The van der Waals surface area contributed by atoms with Crippen molar-refractivity contribution in [2.45, 2.75) is 18.7 Å². The van der Waals surface area contributed by atoms with E-state index in [0.29, 0.717) is 5.39 Å². The predicted octanol–water partition coefficient (Wildman–Crippen LogP) is 2.23. The van der Waals surface area contributed by atoms with Gasteiger partial charge in [-0.15, -0.1) is 0 Å². The number of carbonyl (C=O) groups is 1. The molecule has 0 aliphatic carbocycles. The van der Waals surface area contributed by atoms with Gasteiger partial charge in [0.15, 0.2) is 15.6 Å². The Morgan fingerprint density at radius 3 is 2.56 bits per heavy atom. The minimum atomic E-state index is -3.48. The number of fused-ring (bicyclic) bond motifs is 1. The highest BCUT2D eigenvalue weighted by Crippen LogP contribution is 2.26. The van der Waals surface area contributed by atoms with Gasteiger partial charge in [-0.3, -0.25) is 9.78 Å². The molecule has 94 valence electrons. The Labute approximate surface area is 106 Å². The fraction of sp³-hybridized carbons (Fsp3) is 0.231. The number of hydrogen-bond acceptors (Lipinski definition) is 4. The lowest BCUT2D eigenvalue weighted by atomic mass is 10.1. The van der Waals surface area contributed by atoms with Crippen molar-refractivity contribution in [3.63, 3.8) is 0 Å². The van der Waals surface area contributed by atoms with Crippen LogP contribution in [0.3, 0.4) is 0 Å². The van der Waals surface area contributed by atoms with Crippen LogP contribution in [0.15, 0.2) is 35.4 Å². The van der Waals surface area contributed by atoms with E-state index in [1.54, 1.807) is 31.2 Å². The smallest absolute Gasteiger partial charge is 0.180 e. The van der Waals surface area contributed by atoms with Crippen molar-refractivity contribution in [3.8, 4) is 0 Å². The van der Waals surface area contributed by atoms with E-state index < -0.39 is 9.84 Å². The molecule has 0 saturated carbocycles. The molecule has 1 aromatic heterocycles. The molecule has 2 aromatic rings. The van der Waals surface area contributed by atoms with Crippen LogP contribution in [0.4, 0.5) is 0 Å². The highest BCUT2D eigenvalue weighted by atomic mass is 32.2. The van der Waals surface area contributed by atoms with E-state index in [0.717, 1.165) is 5.39 Å². The molecule has 0 saturated heterocycles. The molecule has 0 amide bonds. The fourth-order valence-corrected chi connectivity index (χ4v) is 3.15. The summed E-state index contributed by atoms with van der Waals surface area (Å²) in [6.07, 6.45) is 1.53. The number of carbonyl (C=O) groups excluding carboxylic acids is 1. The SMILES string of the molecule is CCS(=O)(=O)c1c(C(C)=O)ncc2ccccc12. The average molecular weight is 263 g/mol. The third kappa shape index (κ3) is 2.01. The zero-order valence-corrected chi connectivity index (χ0v) is 11.0. The third-order valence-electron chi connectivity index (χ3n) is 2.78. The Hall–Kier alpha value is -1.75. The lowest BCUT2D eigenvalue weighted by molar-refractivity contribution is 0.101. The summed E-state index contributed by atoms with van der Waals surface area (Å²) in [5, 5.41) is 1.27. The summed E-state index contributed by atoms with van der Waals surface area (Å²) < 4.78 is 24.3. The van der Waals surface area contributed by atoms with Crippen molar-refractivity contribution in [1.82, 2.24) is 4.98 Å². The van der Waals surface area contributed by atoms with E-state index in [4.69, 9.17) is 0 Å². The van der Waals surface area contributed by atoms with Crippen molar-refractivity contribution in [2.24, 2.45) is 0 Å². The van der Waals surface area contributed by atoms with Crippen LogP contribution in [0, 0.1) is 0 Å². The summed E-state index contributed by atoms with van der Waals surface area (Å²) in [7, 11) is -3.48. The summed E-state index contributed by atoms with van der Waals surface area (Å²) >= 11 is 0. The van der Waals surface area contributed by atoms with E-state index >= 15 is 0 Å². The maximum absolute atomic E-state index is 12.1. The molecule has 1 aromatic carbocycles. The maximum atomic E-state index is 12.1. The summed E-state index contributed by atoms with van der Waals surface area (Å²) in [6.45, 7) is 2.88. The molecule has 0 aliphatic rings. The number of benzene rings is 1. The summed E-state index contributed by atoms with van der Waals surface area (Å²) in [4.78, 5) is 15.6. The highest BCUT2D eigenvalue weighted by Gasteiger charge is 2.23. The molecule has 18 heavy (non-hydrogen) atoms. The van der Waals surface area contributed by atoms with E-state index in [-0.39, 0.29) is 22.1 Å². The molecular formula is C13H13NO3S. The molecule has 0 spiro atoms. The monoisotopic (exact) mass is 263 g/mol. The van der Waals surface area contributed by atoms with Crippen LogP contribution >= 0.6 is 0 Å². The van der Waals surface area contributed by atoms with Gasteiger partial charge in [-0.05, 0) is 0 Å². The molecule has 0 aliphatic heterocycles. The molecule has 0 fully saturated rings. The first-order chi connectivity index (χ1) is 8.47. The zero-order valence-electron chi connectivity index (χ0n) is 10.2. The van der Waals surface area contributed by atoms with Crippen LogP contribution in [-0.4, -0.2) is 24.9 Å². The van der Waals surface area contributed by atoms with E-state index in [9.17, 15) is 13.2 Å². The van der Waals surface area contributed by atoms with Crippen molar-refractivity contribution < 1.29 is 13.2 Å². The van der Waals surface area contributed by atoms with Crippen LogP contribution in [0.2, 0.25) is 0 Å². The van der Waals surface area contributed by atoms with Gasteiger partial charge in [-0.2, -0.15) is 0 Å². The third-order valence-corrected chi connectivity index (χ3v) is 4.57. The van der Waals surface area contributed by atoms with Crippen molar-refractivity contribution >= 4 is 26.4 Å². The van der Waals surface area contributed by atoms with E-state index in [2.05, 4.69) is 4.98 Å². The van der Waals surface area contributed by atoms with Crippen LogP contribution < -0.4 is 0 Å². The lowest BCUT2D eigenvalue weighted by Gasteiger charge is -2.09. The molecule has 1 heterocycles. The largest absolute Gasteiger partial charge is 0.293 e. The average Bonchev–Trinajstić information content (AvgIpc) is 2.37. The number of hydrogen-bond donors (Lipinski definition) is 0. The molecule has 0 unspecified atom stereocenters. The first kappa shape index (κ1) is 12.7. The first-order valence-corrected chi connectivity index (χ1v) is 7.24. The summed E-state index contributed by atoms with van der Waals surface area (Å²) in [6, 6.07) is 7.04. The second-order valence-corrected chi connectivity index (χ2v) is 6.20. The number of sulfone groups is 1. The molecule has 0 radical (unpaired) electrons. The molecule has 0 N–H and O–H groups in total. The highest BCUT2D eigenvalue weighted by molar-refractivity contribution is 7.91. The minimum absolute atomic E-state index is 0.0237. The van der Waals surface area contributed by atoms with Gasteiger partial charge in [0.2, 0.25) is 0 Å². The zero-order chi connectivity index (χ0) is 13.3. The number of aromatic nitrogens is 1. The van der Waals surface area contributed by atoms with Crippen LogP contribution in [0.1, 0.15) is 24.3 Å². The number of nitrogens with zero attached hydrogens (tertiary/aromatic N) is 1. The topological polar surface area (TPSA) is 64.1 Å². The van der Waals surface area contributed by atoms with Gasteiger partial charge < -0.3 is 0 Å². The van der Waals surface area contributed by atoms with Crippen LogP contribution in [-0.2, 0) is 9.84 Å². The second kappa shape index (κ2) is 4.49. The first-order valence-electron chi connectivity index (χ1n) is 5.59. The molecule has 5 heteroatoms. The fourth-order valence-electron chi connectivity index (χ4n) is 1.85. The standard InChI is InChI=1S/C13H13NO3S/c1-3-18(16,17)13-11-7-5-4-6-10(11)8-14-12(13)9(2)15/h4-8H,3H2,1-2H3. The number of pyridine rings is 1. The molecule has 0 atom stereocenters. The van der Waals surface area contributed by atoms with Crippen molar-refractivity contribution in [3.05, 3.63) is 36.2 Å². The lowest BCUT2D eigenvalue weighted by Crippen LogP contribution is -2.12. The van der Waals surface area contributed by atoms with Crippen molar-refractivity contribution in [2.75, 3.05) is 5.75 Å². The predicted molar refractivity (Wildman–Crippen MR) is 69.5 cm³/mol. The van der Waals surface area contributed by atoms with Crippen LogP contribution in [0.5, 0.6) is 0 Å². The normalized spacial score (nSPS) is 11.7. The Kier molecular flexibility index (Phi) is 3.17. The van der Waals surface area contributed by atoms with Gasteiger partial charge in [0.25, 0.3) is 0 Å². The maximum Gasteiger partial charge on any atom is 0.180 e. The van der Waals surface area contributed by atoms with Gasteiger partial charge in [0, 0.05) is 23.9 Å². The van der Waals surface area contributed by atoms with Crippen LogP contribution in [0.25, 0.3) is 10.8 Å². The Balaban J connectivity index is 2.97. The quantitative estimate of drug-likeness (QED) is 0.796. The van der Waals surface area contributed by atoms with Gasteiger partial charge in [0.1, 0.15) is 10.6 Å². The van der Waals surface area contributed by atoms with Gasteiger partial charge >= 0.3 is 0 Å². The number of rotatable bonds is 3. The number of ketones is 1. The Bertz CT molecular complexity index is 720. The molecule has 0 bridgehead atoms. The second-order valence-electron chi connectivity index (χ2n) is 3.98. The number of Topliss-reactive ketones (excluding diaryl/α,β-unsaturated/α-hetero) is 1. The van der Waals surface area contributed by atoms with Gasteiger partial charge in [-0.25, -0.2) is 8.42 Å². The van der Waals surface area contributed by atoms with Gasteiger partial charge in [-0.1, -0.05) is 31.2 Å². The van der Waals surface area contributed by atoms with E-state index in [1.165, 1.54) is 13.1 Å². The molecular weight excluding hydrogens is 250 g/mol. The molecule has 2 rings (SSSR count). The summed E-state index contributed by atoms with van der Waals surface area (Å²) in [5.74, 6) is -0.393. The summed E-state index contributed by atoms with van der Waals surface area (Å²) in [5.41, 5.74) is 0.0237.